The van der Waals surface area contributed by atoms with Crippen LogP contribution in [0.4, 0.5) is 5.82 Å². The van der Waals surface area contributed by atoms with E-state index >= 15 is 0 Å². The summed E-state index contributed by atoms with van der Waals surface area (Å²) in [6, 6.07) is 0.174. The Balaban J connectivity index is 2.37. The Morgan fingerprint density at radius 1 is 1.62 bits per heavy atom. The van der Waals surface area contributed by atoms with Crippen molar-refractivity contribution in [2.45, 2.75) is 45.6 Å². The molecule has 4 N–H and O–H groups in total. The molecule has 1 aromatic rings. The smallest absolute Gasteiger partial charge is 0.256 e. The second-order valence-corrected chi connectivity index (χ2v) is 4.07. The van der Waals surface area contributed by atoms with Gasteiger partial charge in [0.25, 0.3) is 5.91 Å². The van der Waals surface area contributed by atoms with Crippen molar-refractivity contribution in [1.29, 1.82) is 0 Å². The van der Waals surface area contributed by atoms with Gasteiger partial charge in [-0.2, -0.15) is 5.10 Å². The first kappa shape index (κ1) is 12.5. The van der Waals surface area contributed by atoms with Crippen LogP contribution < -0.4 is 11.1 Å². The first-order valence-corrected chi connectivity index (χ1v) is 5.74. The van der Waals surface area contributed by atoms with Crippen molar-refractivity contribution in [1.82, 2.24) is 15.5 Å². The lowest BCUT2D eigenvalue weighted by Gasteiger charge is -2.12. The van der Waals surface area contributed by atoms with Gasteiger partial charge in [-0.1, -0.05) is 26.2 Å². The summed E-state index contributed by atoms with van der Waals surface area (Å²) in [6.45, 7) is 4.17. The number of rotatable bonds is 6. The van der Waals surface area contributed by atoms with Gasteiger partial charge in [0, 0.05) is 6.04 Å². The highest BCUT2D eigenvalue weighted by atomic mass is 16.1. The van der Waals surface area contributed by atoms with Gasteiger partial charge in [-0.3, -0.25) is 9.89 Å². The molecule has 1 unspecified atom stereocenters. The number of nitrogens with two attached hydrogens (primary N) is 1. The maximum atomic E-state index is 11.7. The summed E-state index contributed by atoms with van der Waals surface area (Å²) < 4.78 is 0. The van der Waals surface area contributed by atoms with Crippen molar-refractivity contribution in [2.24, 2.45) is 0 Å². The second-order valence-electron chi connectivity index (χ2n) is 4.07. The highest BCUT2D eigenvalue weighted by Crippen LogP contribution is 2.08. The Hall–Kier alpha value is -1.52. The average molecular weight is 224 g/mol. The number of nitrogens with one attached hydrogen (secondary N) is 2. The number of aromatic nitrogens is 2. The number of amides is 1. The Labute approximate surface area is 95.8 Å². The topological polar surface area (TPSA) is 83.8 Å². The van der Waals surface area contributed by atoms with Crippen LogP contribution >= 0.6 is 0 Å². The highest BCUT2D eigenvalue weighted by molar-refractivity contribution is 5.98. The van der Waals surface area contributed by atoms with Crippen LogP contribution in [0, 0.1) is 0 Å². The van der Waals surface area contributed by atoms with E-state index in [1.807, 2.05) is 6.92 Å². The number of hydrogen-bond acceptors (Lipinski definition) is 3. The predicted molar refractivity (Wildman–Crippen MR) is 64.1 cm³/mol. The molecule has 0 aromatic carbocycles. The van der Waals surface area contributed by atoms with Gasteiger partial charge in [-0.05, 0) is 13.3 Å². The van der Waals surface area contributed by atoms with E-state index in [-0.39, 0.29) is 11.9 Å². The van der Waals surface area contributed by atoms with Gasteiger partial charge < -0.3 is 11.1 Å². The minimum Gasteiger partial charge on any atom is -0.383 e. The molecule has 5 heteroatoms. The van der Waals surface area contributed by atoms with E-state index in [0.29, 0.717) is 11.4 Å². The molecule has 16 heavy (non-hydrogen) atoms. The zero-order valence-corrected chi connectivity index (χ0v) is 9.92. The van der Waals surface area contributed by atoms with Crippen LogP contribution in [0.2, 0.25) is 0 Å². The van der Waals surface area contributed by atoms with Crippen LogP contribution in [0.5, 0.6) is 0 Å². The maximum Gasteiger partial charge on any atom is 0.256 e. The third kappa shape index (κ3) is 3.56. The van der Waals surface area contributed by atoms with Crippen LogP contribution in [0.1, 0.15) is 49.9 Å². The minimum absolute atomic E-state index is 0.157. The summed E-state index contributed by atoms with van der Waals surface area (Å²) in [6.07, 6.45) is 5.98. The number of H-pyrrole nitrogens is 1. The lowest BCUT2D eigenvalue weighted by molar-refractivity contribution is 0.0939. The number of unbranched alkanes of at least 4 members (excludes halogenated alkanes) is 2. The first-order valence-electron chi connectivity index (χ1n) is 5.74. The van der Waals surface area contributed by atoms with Crippen molar-refractivity contribution >= 4 is 11.7 Å². The molecule has 0 fully saturated rings. The third-order valence-electron chi connectivity index (χ3n) is 2.53. The normalized spacial score (nSPS) is 12.4. The third-order valence-corrected chi connectivity index (χ3v) is 2.53. The van der Waals surface area contributed by atoms with Crippen LogP contribution in [0.25, 0.3) is 0 Å². The number of nitrogens with zero attached hydrogens (tertiary/aromatic N) is 1. The van der Waals surface area contributed by atoms with E-state index in [1.54, 1.807) is 0 Å². The summed E-state index contributed by atoms with van der Waals surface area (Å²) in [7, 11) is 0. The quantitative estimate of drug-likeness (QED) is 0.643. The van der Waals surface area contributed by atoms with Crippen molar-refractivity contribution in [3.8, 4) is 0 Å². The van der Waals surface area contributed by atoms with Crippen molar-refractivity contribution in [2.75, 3.05) is 5.73 Å². The molecule has 0 aliphatic rings. The lowest BCUT2D eigenvalue weighted by Crippen LogP contribution is -2.32. The summed E-state index contributed by atoms with van der Waals surface area (Å²) in [5.74, 6) is 0.161. The standard InChI is InChI=1S/C11H20N4O/c1-3-4-5-6-8(2)14-11(16)9-7-13-15-10(9)12/h7-8H,3-6H2,1-2H3,(H,14,16)(H3,12,13,15). The summed E-state index contributed by atoms with van der Waals surface area (Å²) in [4.78, 5) is 11.7. The summed E-state index contributed by atoms with van der Waals surface area (Å²) in [5, 5.41) is 9.16. The molecule has 0 saturated carbocycles. The van der Waals surface area contributed by atoms with Gasteiger partial charge in [-0.25, -0.2) is 0 Å². The molecule has 1 amide bonds. The molecule has 0 spiro atoms. The van der Waals surface area contributed by atoms with Crippen LogP contribution in [0.15, 0.2) is 6.20 Å². The van der Waals surface area contributed by atoms with Gasteiger partial charge in [0.05, 0.1) is 6.20 Å². The first-order chi connectivity index (χ1) is 7.65. The van der Waals surface area contributed by atoms with Gasteiger partial charge in [0.1, 0.15) is 11.4 Å². The maximum absolute atomic E-state index is 11.7. The number of carbonyl (C=O) groups excluding carboxylic acids is 1. The number of anilines is 1. The molecule has 0 saturated heterocycles. The van der Waals surface area contributed by atoms with Gasteiger partial charge >= 0.3 is 0 Å². The fraction of sp³-hybridized carbons (Fsp3) is 0.636. The molecule has 1 rings (SSSR count). The lowest BCUT2D eigenvalue weighted by atomic mass is 10.1. The summed E-state index contributed by atoms with van der Waals surface area (Å²) in [5.41, 5.74) is 5.98. The molecule has 0 aliphatic heterocycles. The van der Waals surface area contributed by atoms with Crippen molar-refractivity contribution in [3.63, 3.8) is 0 Å². The predicted octanol–water partition coefficient (Wildman–Crippen LogP) is 1.69. The fourth-order valence-corrected chi connectivity index (χ4v) is 1.55. The molecular weight excluding hydrogens is 204 g/mol. The number of nitrogen functional groups attached to an aromatic ring is 1. The number of hydrogen-bond donors (Lipinski definition) is 3. The molecule has 5 nitrogen and oxygen atoms in total. The Morgan fingerprint density at radius 3 is 2.94 bits per heavy atom. The Kier molecular flexibility index (Phi) is 4.82. The van der Waals surface area contributed by atoms with E-state index in [9.17, 15) is 4.79 Å². The van der Waals surface area contributed by atoms with E-state index in [1.165, 1.54) is 19.0 Å². The molecule has 0 radical (unpaired) electrons. The minimum atomic E-state index is -0.157. The van der Waals surface area contributed by atoms with Crippen LogP contribution in [-0.4, -0.2) is 22.1 Å². The highest BCUT2D eigenvalue weighted by Gasteiger charge is 2.13. The van der Waals surface area contributed by atoms with Crippen molar-refractivity contribution < 1.29 is 4.79 Å². The fourth-order valence-electron chi connectivity index (χ4n) is 1.55. The van der Waals surface area contributed by atoms with E-state index in [2.05, 4.69) is 22.4 Å². The Morgan fingerprint density at radius 2 is 2.38 bits per heavy atom. The molecule has 0 bridgehead atoms. The summed E-state index contributed by atoms with van der Waals surface area (Å²) >= 11 is 0. The molecule has 90 valence electrons. The molecule has 1 heterocycles. The largest absolute Gasteiger partial charge is 0.383 e. The van der Waals surface area contributed by atoms with E-state index in [4.69, 9.17) is 5.73 Å². The van der Waals surface area contributed by atoms with Gasteiger partial charge in [0.15, 0.2) is 0 Å². The zero-order chi connectivity index (χ0) is 12.0. The van der Waals surface area contributed by atoms with Gasteiger partial charge in [0.2, 0.25) is 0 Å². The van der Waals surface area contributed by atoms with Crippen LogP contribution in [-0.2, 0) is 0 Å². The van der Waals surface area contributed by atoms with Gasteiger partial charge in [-0.15, -0.1) is 0 Å². The molecular formula is C11H20N4O. The SMILES string of the molecule is CCCCCC(C)NC(=O)c1cn[nH]c1N. The zero-order valence-electron chi connectivity index (χ0n) is 9.92. The molecule has 1 aromatic heterocycles. The monoisotopic (exact) mass is 224 g/mol. The van der Waals surface area contributed by atoms with E-state index in [0.717, 1.165) is 12.8 Å². The van der Waals surface area contributed by atoms with E-state index < -0.39 is 0 Å². The van der Waals surface area contributed by atoms with Crippen molar-refractivity contribution in [3.05, 3.63) is 11.8 Å². The second kappa shape index (κ2) is 6.15. The Bertz CT molecular complexity index is 334. The van der Waals surface area contributed by atoms with Crippen LogP contribution in [0.3, 0.4) is 0 Å². The molecule has 0 aliphatic carbocycles. The number of aromatic amines is 1. The average Bonchev–Trinajstić information content (AvgIpc) is 2.65. The molecule has 1 atom stereocenters. The number of carbonyl (C=O) groups is 1.